The smallest absolute Gasteiger partial charge is 0.248 e. The summed E-state index contributed by atoms with van der Waals surface area (Å²) in [5.74, 6) is 1.96. The van der Waals surface area contributed by atoms with Gasteiger partial charge >= 0.3 is 0 Å². The van der Waals surface area contributed by atoms with Gasteiger partial charge in [-0.2, -0.15) is 0 Å². The summed E-state index contributed by atoms with van der Waals surface area (Å²) in [6, 6.07) is 15.2. The molecule has 3 aromatic rings. The van der Waals surface area contributed by atoms with E-state index in [-0.39, 0.29) is 12.0 Å². The maximum absolute atomic E-state index is 12.5. The molecule has 1 amide bonds. The summed E-state index contributed by atoms with van der Waals surface area (Å²) in [6.45, 7) is 4.92. The van der Waals surface area contributed by atoms with Gasteiger partial charge in [-0.1, -0.05) is 18.2 Å². The predicted octanol–water partition coefficient (Wildman–Crippen LogP) is 5.03. The number of carbonyl (C=O) groups excluding carboxylic acids is 1. The van der Waals surface area contributed by atoms with Crippen molar-refractivity contribution in [2.75, 3.05) is 11.9 Å². The number of anilines is 1. The maximum atomic E-state index is 12.5. The van der Waals surface area contributed by atoms with Crippen LogP contribution in [0.3, 0.4) is 0 Å². The van der Waals surface area contributed by atoms with Gasteiger partial charge in [0, 0.05) is 42.1 Å². The van der Waals surface area contributed by atoms with E-state index in [4.69, 9.17) is 14.2 Å². The summed E-state index contributed by atoms with van der Waals surface area (Å²) in [4.78, 5) is 16.6. The lowest BCUT2D eigenvalue weighted by atomic mass is 10.1. The molecular formula is C26H26N2O4. The van der Waals surface area contributed by atoms with Crippen molar-refractivity contribution in [1.29, 1.82) is 0 Å². The molecule has 0 aliphatic carbocycles. The van der Waals surface area contributed by atoms with Gasteiger partial charge in [0.2, 0.25) is 5.91 Å². The average Bonchev–Trinajstić information content (AvgIpc) is 3.17. The van der Waals surface area contributed by atoms with E-state index in [2.05, 4.69) is 10.3 Å². The molecule has 32 heavy (non-hydrogen) atoms. The number of nitrogens with one attached hydrogen (secondary N) is 1. The zero-order valence-corrected chi connectivity index (χ0v) is 18.2. The van der Waals surface area contributed by atoms with Crippen LogP contribution in [0.25, 0.3) is 6.08 Å². The zero-order valence-electron chi connectivity index (χ0n) is 18.2. The van der Waals surface area contributed by atoms with Crippen LogP contribution in [0.2, 0.25) is 0 Å². The molecular weight excluding hydrogens is 404 g/mol. The van der Waals surface area contributed by atoms with Crippen LogP contribution in [0.5, 0.6) is 17.2 Å². The van der Waals surface area contributed by atoms with Crippen LogP contribution < -0.4 is 19.5 Å². The van der Waals surface area contributed by atoms with E-state index in [9.17, 15) is 4.79 Å². The Morgan fingerprint density at radius 1 is 1.22 bits per heavy atom. The van der Waals surface area contributed by atoms with Gasteiger partial charge in [0.05, 0.1) is 12.3 Å². The minimum atomic E-state index is -0.242. The topological polar surface area (TPSA) is 69.7 Å². The SMILES string of the molecule is CCOc1cc2c(cc1NC(=O)/C=C/c1ccc(OCc3cccnc3)cc1)OC(C)C2. The van der Waals surface area contributed by atoms with E-state index < -0.39 is 0 Å². The summed E-state index contributed by atoms with van der Waals surface area (Å²) in [6.07, 6.45) is 7.73. The fourth-order valence-corrected chi connectivity index (χ4v) is 3.48. The van der Waals surface area contributed by atoms with Crippen LogP contribution in [0.4, 0.5) is 5.69 Å². The van der Waals surface area contributed by atoms with Gasteiger partial charge in [-0.05, 0) is 49.8 Å². The normalized spacial score (nSPS) is 14.6. The van der Waals surface area contributed by atoms with E-state index in [1.54, 1.807) is 18.5 Å². The first-order chi connectivity index (χ1) is 15.6. The molecule has 2 heterocycles. The van der Waals surface area contributed by atoms with Crippen molar-refractivity contribution >= 4 is 17.7 Å². The van der Waals surface area contributed by atoms with Crippen LogP contribution in [-0.4, -0.2) is 23.6 Å². The zero-order chi connectivity index (χ0) is 22.3. The third-order valence-electron chi connectivity index (χ3n) is 4.99. The summed E-state index contributed by atoms with van der Waals surface area (Å²) < 4.78 is 17.3. The van der Waals surface area contributed by atoms with Crippen molar-refractivity contribution in [1.82, 2.24) is 4.98 Å². The second kappa shape index (κ2) is 10.0. The Labute approximate surface area is 187 Å². The van der Waals surface area contributed by atoms with Crippen molar-refractivity contribution in [3.8, 4) is 17.2 Å². The van der Waals surface area contributed by atoms with Gasteiger partial charge in [-0.15, -0.1) is 0 Å². The van der Waals surface area contributed by atoms with E-state index in [1.165, 1.54) is 6.08 Å². The van der Waals surface area contributed by atoms with E-state index >= 15 is 0 Å². The molecule has 2 aromatic carbocycles. The molecule has 0 spiro atoms. The van der Waals surface area contributed by atoms with Crippen LogP contribution in [0, 0.1) is 0 Å². The Kier molecular flexibility index (Phi) is 6.70. The highest BCUT2D eigenvalue weighted by atomic mass is 16.5. The lowest BCUT2D eigenvalue weighted by Gasteiger charge is -2.12. The number of fused-ring (bicyclic) bond motifs is 1. The van der Waals surface area contributed by atoms with Crippen molar-refractivity contribution < 1.29 is 19.0 Å². The number of pyridine rings is 1. The molecule has 1 aromatic heterocycles. The quantitative estimate of drug-likeness (QED) is 0.508. The van der Waals surface area contributed by atoms with Gasteiger partial charge in [-0.25, -0.2) is 0 Å². The number of aromatic nitrogens is 1. The summed E-state index contributed by atoms with van der Waals surface area (Å²) in [7, 11) is 0. The molecule has 1 N–H and O–H groups in total. The number of nitrogens with zero attached hydrogens (tertiary/aromatic N) is 1. The van der Waals surface area contributed by atoms with E-state index in [1.807, 2.05) is 62.4 Å². The molecule has 6 nitrogen and oxygen atoms in total. The Balaban J connectivity index is 1.37. The summed E-state index contributed by atoms with van der Waals surface area (Å²) >= 11 is 0. The highest BCUT2D eigenvalue weighted by molar-refractivity contribution is 6.03. The molecule has 0 bridgehead atoms. The molecule has 164 valence electrons. The predicted molar refractivity (Wildman–Crippen MR) is 124 cm³/mol. The Morgan fingerprint density at radius 2 is 2.06 bits per heavy atom. The van der Waals surface area contributed by atoms with Crippen LogP contribution in [0.15, 0.2) is 67.0 Å². The molecule has 0 saturated carbocycles. The monoisotopic (exact) mass is 430 g/mol. The van der Waals surface area contributed by atoms with Crippen molar-refractivity contribution in [2.45, 2.75) is 33.0 Å². The molecule has 1 unspecified atom stereocenters. The van der Waals surface area contributed by atoms with Gasteiger partial charge in [-0.3, -0.25) is 9.78 Å². The first-order valence-corrected chi connectivity index (χ1v) is 10.7. The van der Waals surface area contributed by atoms with Gasteiger partial charge in [0.25, 0.3) is 0 Å². The highest BCUT2D eigenvalue weighted by Gasteiger charge is 2.22. The first-order valence-electron chi connectivity index (χ1n) is 10.7. The molecule has 4 rings (SSSR count). The highest BCUT2D eigenvalue weighted by Crippen LogP contribution is 2.38. The Morgan fingerprint density at radius 3 is 2.81 bits per heavy atom. The molecule has 6 heteroatoms. The van der Waals surface area contributed by atoms with Gasteiger partial charge in [0.1, 0.15) is 30.0 Å². The largest absolute Gasteiger partial charge is 0.492 e. The van der Waals surface area contributed by atoms with Crippen LogP contribution in [0.1, 0.15) is 30.5 Å². The van der Waals surface area contributed by atoms with Crippen LogP contribution >= 0.6 is 0 Å². The number of rotatable bonds is 8. The molecule has 0 saturated heterocycles. The number of amides is 1. The third-order valence-corrected chi connectivity index (χ3v) is 4.99. The summed E-state index contributed by atoms with van der Waals surface area (Å²) in [5.41, 5.74) is 3.60. The first kappa shape index (κ1) is 21.4. The second-order valence-corrected chi connectivity index (χ2v) is 7.56. The van der Waals surface area contributed by atoms with Crippen LogP contribution in [-0.2, 0) is 17.8 Å². The van der Waals surface area contributed by atoms with Crippen molar-refractivity contribution in [3.05, 3.63) is 83.7 Å². The molecule has 1 aliphatic heterocycles. The minimum absolute atomic E-state index is 0.127. The van der Waals surface area contributed by atoms with Crippen molar-refractivity contribution in [3.63, 3.8) is 0 Å². The number of hydrogen-bond donors (Lipinski definition) is 1. The Bertz CT molecular complexity index is 1090. The fraction of sp³-hybridized carbons (Fsp3) is 0.231. The van der Waals surface area contributed by atoms with Crippen molar-refractivity contribution in [2.24, 2.45) is 0 Å². The molecule has 1 aliphatic rings. The lowest BCUT2D eigenvalue weighted by Crippen LogP contribution is -2.10. The fourth-order valence-electron chi connectivity index (χ4n) is 3.48. The molecule has 0 fully saturated rings. The standard InChI is InChI=1S/C26H26N2O4/c1-3-30-25-14-21-13-18(2)32-24(21)15-23(25)28-26(29)11-8-19-6-9-22(10-7-19)31-17-20-5-4-12-27-16-20/h4-12,14-16,18H,3,13,17H2,1-2H3,(H,28,29)/b11-8+. The Hall–Kier alpha value is -3.80. The number of benzene rings is 2. The van der Waals surface area contributed by atoms with E-state index in [0.29, 0.717) is 24.7 Å². The summed E-state index contributed by atoms with van der Waals surface area (Å²) in [5, 5.41) is 2.90. The lowest BCUT2D eigenvalue weighted by molar-refractivity contribution is -0.111. The number of carbonyl (C=O) groups is 1. The minimum Gasteiger partial charge on any atom is -0.492 e. The van der Waals surface area contributed by atoms with E-state index in [0.717, 1.165) is 34.6 Å². The average molecular weight is 431 g/mol. The third kappa shape index (κ3) is 5.46. The maximum Gasteiger partial charge on any atom is 0.248 e. The molecule has 0 radical (unpaired) electrons. The van der Waals surface area contributed by atoms with Gasteiger partial charge in [0.15, 0.2) is 0 Å². The van der Waals surface area contributed by atoms with Gasteiger partial charge < -0.3 is 19.5 Å². The molecule has 1 atom stereocenters. The number of hydrogen-bond acceptors (Lipinski definition) is 5. The second-order valence-electron chi connectivity index (χ2n) is 7.56. The number of ether oxygens (including phenoxy) is 3.